The highest BCUT2D eigenvalue weighted by molar-refractivity contribution is 5.96. The average molecular weight is 445 g/mol. The van der Waals surface area contributed by atoms with Gasteiger partial charge in [-0.1, -0.05) is 30.3 Å². The van der Waals surface area contributed by atoms with Crippen molar-refractivity contribution in [1.82, 2.24) is 20.1 Å². The highest BCUT2D eigenvalue weighted by atomic mass is 16.5. The van der Waals surface area contributed by atoms with Gasteiger partial charge in [0.2, 0.25) is 0 Å². The number of aliphatic hydroxyl groups is 1. The molecule has 2 heterocycles. The summed E-state index contributed by atoms with van der Waals surface area (Å²) in [5.74, 6) is 0.497. The Labute approximate surface area is 193 Å². The topological polar surface area (TPSA) is 91.3 Å². The van der Waals surface area contributed by atoms with Crippen molar-refractivity contribution in [1.29, 1.82) is 0 Å². The summed E-state index contributed by atoms with van der Waals surface area (Å²) in [5.41, 5.74) is 4.99. The number of carbonyl (C=O) groups is 1. The first-order valence-electron chi connectivity index (χ1n) is 11.0. The van der Waals surface area contributed by atoms with Crippen molar-refractivity contribution in [3.05, 3.63) is 77.7 Å². The van der Waals surface area contributed by atoms with Crippen LogP contribution in [0, 0.1) is 6.92 Å². The Kier molecular flexibility index (Phi) is 6.70. The molecule has 0 saturated heterocycles. The first kappa shape index (κ1) is 22.5. The minimum Gasteiger partial charge on any atom is -0.493 e. The van der Waals surface area contributed by atoms with Crippen molar-refractivity contribution in [2.75, 3.05) is 20.3 Å². The van der Waals surface area contributed by atoms with Gasteiger partial charge in [-0.05, 0) is 44.0 Å². The number of pyridine rings is 1. The summed E-state index contributed by atoms with van der Waals surface area (Å²) in [7, 11) is 1.75. The van der Waals surface area contributed by atoms with Gasteiger partial charge in [-0.2, -0.15) is 5.10 Å². The number of rotatable bonds is 8. The summed E-state index contributed by atoms with van der Waals surface area (Å²) in [6.07, 6.45) is 3.86. The molecular weight excluding hydrogens is 416 g/mol. The fourth-order valence-corrected chi connectivity index (χ4v) is 4.15. The molecule has 0 aliphatic heterocycles. The second-order valence-corrected chi connectivity index (χ2v) is 7.91. The van der Waals surface area contributed by atoms with Gasteiger partial charge in [0.15, 0.2) is 0 Å². The Bertz CT molecular complexity index is 1250. The Morgan fingerprint density at radius 3 is 2.70 bits per heavy atom. The van der Waals surface area contributed by atoms with Crippen molar-refractivity contribution >= 4 is 16.8 Å². The zero-order valence-corrected chi connectivity index (χ0v) is 19.1. The van der Waals surface area contributed by atoms with Gasteiger partial charge in [0.1, 0.15) is 5.75 Å². The van der Waals surface area contributed by atoms with Crippen molar-refractivity contribution in [3.8, 4) is 16.9 Å². The SMILES string of the molecule is CCOc1cc(C(=O)N(C)[C@@H](CCO)c2cnc(C)c3cn[nH]c23)ccc1-c1ccccc1. The molecule has 170 valence electrons. The van der Waals surface area contributed by atoms with Crippen LogP contribution in [0.1, 0.15) is 41.0 Å². The van der Waals surface area contributed by atoms with Crippen LogP contribution in [-0.4, -0.2) is 51.4 Å². The summed E-state index contributed by atoms with van der Waals surface area (Å²) < 4.78 is 5.88. The van der Waals surface area contributed by atoms with Gasteiger partial charge in [-0.25, -0.2) is 0 Å². The molecule has 33 heavy (non-hydrogen) atoms. The lowest BCUT2D eigenvalue weighted by Crippen LogP contribution is -2.32. The number of H-pyrrole nitrogens is 1. The number of fused-ring (bicyclic) bond motifs is 1. The zero-order chi connectivity index (χ0) is 23.4. The van der Waals surface area contributed by atoms with Gasteiger partial charge in [-0.3, -0.25) is 14.9 Å². The zero-order valence-electron chi connectivity index (χ0n) is 19.1. The number of hydrogen-bond donors (Lipinski definition) is 2. The molecule has 0 aliphatic carbocycles. The molecule has 4 rings (SSSR count). The van der Waals surface area contributed by atoms with Crippen LogP contribution >= 0.6 is 0 Å². The van der Waals surface area contributed by atoms with Gasteiger partial charge >= 0.3 is 0 Å². The van der Waals surface area contributed by atoms with E-state index in [-0.39, 0.29) is 18.6 Å². The minimum absolute atomic E-state index is 0.0665. The van der Waals surface area contributed by atoms with Crippen LogP contribution in [0.25, 0.3) is 22.0 Å². The Hall–Kier alpha value is -3.71. The lowest BCUT2D eigenvalue weighted by atomic mass is 9.99. The Morgan fingerprint density at radius 2 is 1.97 bits per heavy atom. The molecule has 1 atom stereocenters. The monoisotopic (exact) mass is 444 g/mol. The number of amides is 1. The number of carbonyl (C=O) groups excluding carboxylic acids is 1. The van der Waals surface area contributed by atoms with Crippen molar-refractivity contribution in [3.63, 3.8) is 0 Å². The van der Waals surface area contributed by atoms with Gasteiger partial charge in [-0.15, -0.1) is 0 Å². The Morgan fingerprint density at radius 1 is 1.18 bits per heavy atom. The second-order valence-electron chi connectivity index (χ2n) is 7.91. The van der Waals surface area contributed by atoms with Crippen LogP contribution in [0.15, 0.2) is 60.9 Å². The van der Waals surface area contributed by atoms with E-state index in [4.69, 9.17) is 4.74 Å². The second kappa shape index (κ2) is 9.83. The van der Waals surface area contributed by atoms with Crippen LogP contribution in [0.5, 0.6) is 5.75 Å². The quantitative estimate of drug-likeness (QED) is 0.417. The number of aromatic amines is 1. The summed E-state index contributed by atoms with van der Waals surface area (Å²) >= 11 is 0. The smallest absolute Gasteiger partial charge is 0.254 e. The fourth-order valence-electron chi connectivity index (χ4n) is 4.15. The highest BCUT2D eigenvalue weighted by Crippen LogP contribution is 2.34. The third kappa shape index (κ3) is 4.45. The lowest BCUT2D eigenvalue weighted by molar-refractivity contribution is 0.0705. The van der Waals surface area contributed by atoms with E-state index in [2.05, 4.69) is 15.2 Å². The molecule has 4 aromatic rings. The van der Waals surface area contributed by atoms with Gasteiger partial charge in [0.25, 0.3) is 5.91 Å². The molecule has 0 fully saturated rings. The standard InChI is InChI=1S/C26H28N4O3/c1-4-33-24-14-19(10-11-20(24)18-8-6-5-7-9-18)26(32)30(3)23(12-13-31)22-15-27-17(2)21-16-28-29-25(21)22/h5-11,14-16,23,31H,4,12-13H2,1-3H3,(H,28,29)/t23-/m0/s1. The van der Waals surface area contributed by atoms with E-state index < -0.39 is 0 Å². The minimum atomic E-state index is -0.372. The van der Waals surface area contributed by atoms with Crippen LogP contribution in [0.4, 0.5) is 0 Å². The molecule has 0 aliphatic rings. The van der Waals surface area contributed by atoms with E-state index >= 15 is 0 Å². The summed E-state index contributed by atoms with van der Waals surface area (Å²) in [6.45, 7) is 4.27. The molecule has 0 spiro atoms. The van der Waals surface area contributed by atoms with E-state index in [0.29, 0.717) is 24.3 Å². The number of aryl methyl sites for hydroxylation is 1. The van der Waals surface area contributed by atoms with E-state index in [9.17, 15) is 9.90 Å². The van der Waals surface area contributed by atoms with Gasteiger partial charge < -0.3 is 14.7 Å². The molecule has 0 unspecified atom stereocenters. The van der Waals surface area contributed by atoms with Crippen molar-refractivity contribution in [2.24, 2.45) is 0 Å². The first-order valence-corrected chi connectivity index (χ1v) is 11.0. The predicted octanol–water partition coefficient (Wildman–Crippen LogP) is 4.53. The molecule has 0 bridgehead atoms. The molecular formula is C26H28N4O3. The van der Waals surface area contributed by atoms with Crippen LogP contribution < -0.4 is 4.74 Å². The molecule has 1 amide bonds. The maximum absolute atomic E-state index is 13.5. The summed E-state index contributed by atoms with van der Waals surface area (Å²) in [5, 5.41) is 17.8. The first-order chi connectivity index (χ1) is 16.0. The molecule has 2 N–H and O–H groups in total. The van der Waals surface area contributed by atoms with E-state index in [1.54, 1.807) is 30.4 Å². The van der Waals surface area contributed by atoms with E-state index in [1.807, 2.05) is 56.3 Å². The largest absolute Gasteiger partial charge is 0.493 e. The maximum Gasteiger partial charge on any atom is 0.254 e. The van der Waals surface area contributed by atoms with E-state index in [0.717, 1.165) is 33.3 Å². The van der Waals surface area contributed by atoms with Gasteiger partial charge in [0, 0.05) is 47.6 Å². The Balaban J connectivity index is 1.70. The molecule has 0 saturated carbocycles. The number of benzene rings is 2. The van der Waals surface area contributed by atoms with Crippen LogP contribution in [0.3, 0.4) is 0 Å². The maximum atomic E-state index is 13.5. The highest BCUT2D eigenvalue weighted by Gasteiger charge is 2.26. The van der Waals surface area contributed by atoms with Crippen molar-refractivity contribution in [2.45, 2.75) is 26.3 Å². The predicted molar refractivity (Wildman–Crippen MR) is 128 cm³/mol. The molecule has 2 aromatic carbocycles. The number of hydrogen-bond acceptors (Lipinski definition) is 5. The molecule has 0 radical (unpaired) electrons. The number of aliphatic hydroxyl groups excluding tert-OH is 1. The normalized spacial score (nSPS) is 12.0. The lowest BCUT2D eigenvalue weighted by Gasteiger charge is -2.29. The van der Waals surface area contributed by atoms with Crippen LogP contribution in [-0.2, 0) is 0 Å². The third-order valence-corrected chi connectivity index (χ3v) is 5.88. The number of ether oxygens (including phenoxy) is 1. The summed E-state index contributed by atoms with van der Waals surface area (Å²) in [6, 6.07) is 15.1. The number of aromatic nitrogens is 3. The molecule has 7 heteroatoms. The van der Waals surface area contributed by atoms with E-state index in [1.165, 1.54) is 0 Å². The number of nitrogens with one attached hydrogen (secondary N) is 1. The van der Waals surface area contributed by atoms with Crippen molar-refractivity contribution < 1.29 is 14.6 Å². The summed E-state index contributed by atoms with van der Waals surface area (Å²) in [4.78, 5) is 19.7. The fraction of sp³-hybridized carbons (Fsp3) is 0.269. The molecule has 2 aromatic heterocycles. The van der Waals surface area contributed by atoms with Crippen LogP contribution in [0.2, 0.25) is 0 Å². The van der Waals surface area contributed by atoms with Gasteiger partial charge in [0.05, 0.1) is 24.4 Å². The molecule has 7 nitrogen and oxygen atoms in total. The number of nitrogens with zero attached hydrogens (tertiary/aromatic N) is 3. The average Bonchev–Trinajstić information content (AvgIpc) is 3.34. The third-order valence-electron chi connectivity index (χ3n) is 5.88.